The van der Waals surface area contributed by atoms with Crippen LogP contribution >= 0.6 is 0 Å². The highest BCUT2D eigenvalue weighted by Gasteiger charge is 2.31. The van der Waals surface area contributed by atoms with Gasteiger partial charge in [0.15, 0.2) is 5.82 Å². The summed E-state index contributed by atoms with van der Waals surface area (Å²) in [6, 6.07) is 12.0. The van der Waals surface area contributed by atoms with Crippen molar-refractivity contribution in [1.29, 1.82) is 0 Å². The fraction of sp³-hybridized carbons (Fsp3) is 0.481. The van der Waals surface area contributed by atoms with Crippen molar-refractivity contribution in [2.75, 3.05) is 43.6 Å². The third kappa shape index (κ3) is 4.35. The van der Waals surface area contributed by atoms with Crippen LogP contribution in [0.1, 0.15) is 62.3 Å². The first-order valence-corrected chi connectivity index (χ1v) is 12.2. The van der Waals surface area contributed by atoms with Crippen LogP contribution in [0, 0.1) is 5.82 Å². The summed E-state index contributed by atoms with van der Waals surface area (Å²) in [6.07, 6.45) is 5.24. The Morgan fingerprint density at radius 1 is 1.06 bits per heavy atom. The van der Waals surface area contributed by atoms with Crippen LogP contribution in [0.5, 0.6) is 5.75 Å². The first-order valence-electron chi connectivity index (χ1n) is 12.2. The summed E-state index contributed by atoms with van der Waals surface area (Å²) >= 11 is 0. The van der Waals surface area contributed by atoms with Gasteiger partial charge < -0.3 is 14.5 Å². The molecule has 33 heavy (non-hydrogen) atoms. The highest BCUT2D eigenvalue weighted by molar-refractivity contribution is 5.93. The van der Waals surface area contributed by atoms with Gasteiger partial charge in [0.1, 0.15) is 22.9 Å². The molecule has 0 N–H and O–H groups in total. The Bertz CT molecular complexity index is 1140. The molecule has 0 bridgehead atoms. The molecule has 0 atom stereocenters. The summed E-state index contributed by atoms with van der Waals surface area (Å²) in [5.74, 6) is 3.24. The highest BCUT2D eigenvalue weighted by atomic mass is 19.1. The fourth-order valence-corrected chi connectivity index (χ4v) is 5.03. The lowest BCUT2D eigenvalue weighted by atomic mass is 9.88. The molecular formula is C27H33FN4O. The first kappa shape index (κ1) is 21.9. The number of piperidine rings is 1. The quantitative estimate of drug-likeness (QED) is 0.451. The number of methoxy groups -OCH3 is 1. The van der Waals surface area contributed by atoms with Crippen molar-refractivity contribution in [3.8, 4) is 5.75 Å². The van der Waals surface area contributed by atoms with E-state index in [2.05, 4.69) is 39.9 Å². The lowest BCUT2D eigenvalue weighted by molar-refractivity contribution is 0.397. The minimum Gasteiger partial charge on any atom is -0.496 e. The van der Waals surface area contributed by atoms with Crippen molar-refractivity contribution >= 4 is 22.4 Å². The van der Waals surface area contributed by atoms with Gasteiger partial charge >= 0.3 is 0 Å². The van der Waals surface area contributed by atoms with Gasteiger partial charge in [-0.1, -0.05) is 25.1 Å². The normalized spacial score (nSPS) is 16.9. The molecule has 0 unspecified atom stereocenters. The van der Waals surface area contributed by atoms with E-state index in [0.717, 1.165) is 80.2 Å². The molecule has 2 fully saturated rings. The van der Waals surface area contributed by atoms with Crippen LogP contribution in [0.4, 0.5) is 15.9 Å². The van der Waals surface area contributed by atoms with E-state index >= 15 is 4.39 Å². The lowest BCUT2D eigenvalue weighted by Crippen LogP contribution is -2.34. The number of anilines is 2. The Labute approximate surface area is 195 Å². The van der Waals surface area contributed by atoms with Gasteiger partial charge in [0, 0.05) is 43.7 Å². The minimum atomic E-state index is -0.250. The number of fused-ring (bicyclic) bond motifs is 1. The van der Waals surface area contributed by atoms with E-state index in [0.29, 0.717) is 17.4 Å². The largest absolute Gasteiger partial charge is 0.496 e. The van der Waals surface area contributed by atoms with Gasteiger partial charge in [-0.25, -0.2) is 14.4 Å². The summed E-state index contributed by atoms with van der Waals surface area (Å²) in [4.78, 5) is 14.1. The van der Waals surface area contributed by atoms with Crippen molar-refractivity contribution in [2.45, 2.75) is 50.9 Å². The van der Waals surface area contributed by atoms with E-state index in [1.807, 2.05) is 19.2 Å². The average molecular weight is 449 g/mol. The maximum absolute atomic E-state index is 15.3. The molecule has 6 heteroatoms. The number of halogens is 1. The van der Waals surface area contributed by atoms with E-state index in [4.69, 9.17) is 9.72 Å². The van der Waals surface area contributed by atoms with Crippen LogP contribution in [-0.4, -0.2) is 43.8 Å². The molecule has 174 valence electrons. The topological polar surface area (TPSA) is 41.5 Å². The number of rotatable bonds is 7. The summed E-state index contributed by atoms with van der Waals surface area (Å²) < 4.78 is 20.9. The predicted molar refractivity (Wildman–Crippen MR) is 132 cm³/mol. The zero-order chi connectivity index (χ0) is 22.9. The Morgan fingerprint density at radius 2 is 1.82 bits per heavy atom. The third-order valence-electron chi connectivity index (χ3n) is 7.05. The van der Waals surface area contributed by atoms with Crippen LogP contribution < -0.4 is 14.5 Å². The second-order valence-electron chi connectivity index (χ2n) is 9.43. The summed E-state index contributed by atoms with van der Waals surface area (Å²) in [7, 11) is 3.75. The molecule has 0 amide bonds. The highest BCUT2D eigenvalue weighted by Crippen LogP contribution is 2.42. The van der Waals surface area contributed by atoms with Gasteiger partial charge in [-0.3, -0.25) is 0 Å². The Balaban J connectivity index is 1.49. The van der Waals surface area contributed by atoms with Crippen molar-refractivity contribution in [3.05, 3.63) is 53.6 Å². The van der Waals surface area contributed by atoms with E-state index < -0.39 is 0 Å². The Morgan fingerprint density at radius 3 is 2.52 bits per heavy atom. The van der Waals surface area contributed by atoms with Crippen LogP contribution in [0.15, 0.2) is 36.4 Å². The molecule has 1 aliphatic carbocycles. The number of para-hydroxylation sites is 1. The van der Waals surface area contributed by atoms with Crippen LogP contribution in [-0.2, 0) is 0 Å². The molecule has 3 aromatic rings. The van der Waals surface area contributed by atoms with Crippen molar-refractivity contribution in [1.82, 2.24) is 9.97 Å². The van der Waals surface area contributed by atoms with Gasteiger partial charge in [-0.05, 0) is 61.8 Å². The second kappa shape index (κ2) is 9.16. The average Bonchev–Trinajstić information content (AvgIpc) is 3.69. The summed E-state index contributed by atoms with van der Waals surface area (Å²) in [6.45, 7) is 4.78. The summed E-state index contributed by atoms with van der Waals surface area (Å²) in [5.41, 5.74) is 2.62. The second-order valence-corrected chi connectivity index (χ2v) is 9.43. The molecule has 5 nitrogen and oxygen atoms in total. The number of benzene rings is 2. The molecule has 2 aliphatic rings. The number of ether oxygens (including phenoxy) is 1. The first-order chi connectivity index (χ1) is 16.1. The lowest BCUT2D eigenvalue weighted by Gasteiger charge is -2.34. The molecular weight excluding hydrogens is 415 g/mol. The monoisotopic (exact) mass is 448 g/mol. The Kier molecular flexibility index (Phi) is 6.09. The third-order valence-corrected chi connectivity index (χ3v) is 7.05. The number of nitrogens with zero attached hydrogens (tertiary/aromatic N) is 4. The fourth-order valence-electron chi connectivity index (χ4n) is 5.03. The molecule has 0 radical (unpaired) electrons. The van der Waals surface area contributed by atoms with E-state index in [-0.39, 0.29) is 5.82 Å². The predicted octanol–water partition coefficient (Wildman–Crippen LogP) is 5.89. The molecule has 1 aromatic heterocycles. The van der Waals surface area contributed by atoms with Crippen LogP contribution in [0.2, 0.25) is 0 Å². The molecule has 1 saturated heterocycles. The summed E-state index contributed by atoms with van der Waals surface area (Å²) in [5, 5.41) is 0.827. The molecule has 1 aliphatic heterocycles. The number of hydrogen-bond donors (Lipinski definition) is 0. The molecule has 1 saturated carbocycles. The smallest absolute Gasteiger partial charge is 0.151 e. The molecule has 2 aromatic carbocycles. The zero-order valence-electron chi connectivity index (χ0n) is 19.9. The van der Waals surface area contributed by atoms with Gasteiger partial charge in [-0.2, -0.15) is 0 Å². The van der Waals surface area contributed by atoms with Gasteiger partial charge in [-0.15, -0.1) is 0 Å². The zero-order valence-corrected chi connectivity index (χ0v) is 19.9. The van der Waals surface area contributed by atoms with Crippen LogP contribution in [0.3, 0.4) is 0 Å². The maximum atomic E-state index is 15.3. The van der Waals surface area contributed by atoms with Gasteiger partial charge in [0.2, 0.25) is 0 Å². The van der Waals surface area contributed by atoms with E-state index in [1.54, 1.807) is 13.2 Å². The SMILES string of the molecule is CCCN(C)c1cc(F)c2nc(C3CC3)nc(N3CCC(c4ccccc4OC)CC3)c2c1. The van der Waals surface area contributed by atoms with Gasteiger partial charge in [0.25, 0.3) is 0 Å². The molecule has 5 rings (SSSR count). The standard InChI is InChI=1S/C27H33FN4O/c1-4-13-31(2)20-16-22-25(23(28)17-20)29-26(19-9-10-19)30-27(22)32-14-11-18(12-15-32)21-7-5-6-8-24(21)33-3/h5-8,16-19H,4,9-15H2,1-3H3. The van der Waals surface area contributed by atoms with Crippen molar-refractivity contribution in [3.63, 3.8) is 0 Å². The van der Waals surface area contributed by atoms with Crippen molar-refractivity contribution in [2.24, 2.45) is 0 Å². The Hall–Kier alpha value is -2.89. The maximum Gasteiger partial charge on any atom is 0.151 e. The van der Waals surface area contributed by atoms with Crippen LogP contribution in [0.25, 0.3) is 10.9 Å². The van der Waals surface area contributed by atoms with Crippen molar-refractivity contribution < 1.29 is 9.13 Å². The minimum absolute atomic E-state index is 0.250. The molecule has 0 spiro atoms. The van der Waals surface area contributed by atoms with E-state index in [9.17, 15) is 0 Å². The number of hydrogen-bond acceptors (Lipinski definition) is 5. The number of aromatic nitrogens is 2. The molecule has 2 heterocycles. The van der Waals surface area contributed by atoms with Gasteiger partial charge in [0.05, 0.1) is 7.11 Å². The van der Waals surface area contributed by atoms with E-state index in [1.165, 1.54) is 5.56 Å².